The molecular formula is C19H32N4O. The minimum absolute atomic E-state index is 0.464. The second kappa shape index (κ2) is 7.52. The molecule has 134 valence electrons. The van der Waals surface area contributed by atoms with Crippen LogP contribution < -0.4 is 0 Å². The van der Waals surface area contributed by atoms with Gasteiger partial charge in [0, 0.05) is 18.9 Å². The maximum Gasteiger partial charge on any atom is 0.151 e. The van der Waals surface area contributed by atoms with Crippen LogP contribution in [0.1, 0.15) is 75.0 Å². The summed E-state index contributed by atoms with van der Waals surface area (Å²) in [5.74, 6) is 3.54. The number of likely N-dealkylation sites (tertiary alicyclic amines) is 1. The fourth-order valence-electron chi connectivity index (χ4n) is 4.60. The van der Waals surface area contributed by atoms with Crippen molar-refractivity contribution in [3.63, 3.8) is 0 Å². The monoisotopic (exact) mass is 332 g/mol. The van der Waals surface area contributed by atoms with Crippen molar-refractivity contribution >= 4 is 0 Å². The Hall–Kier alpha value is -0.940. The highest BCUT2D eigenvalue weighted by molar-refractivity contribution is 5.05. The van der Waals surface area contributed by atoms with Crippen LogP contribution in [-0.4, -0.2) is 53.0 Å². The van der Waals surface area contributed by atoms with E-state index < -0.39 is 0 Å². The standard InChI is InChI=1S/C19H32N4O/c1-22-10-7-15(8-11-22)13-18-20-19(16-9-12-24-14-16)23(21-18)17-5-3-2-4-6-17/h15-17H,2-14H2,1H3/t16-/m0/s1. The molecule has 4 rings (SSSR count). The number of hydrogen-bond donors (Lipinski definition) is 0. The Balaban J connectivity index is 1.51. The molecule has 0 N–H and O–H groups in total. The van der Waals surface area contributed by atoms with Gasteiger partial charge in [0.15, 0.2) is 5.82 Å². The van der Waals surface area contributed by atoms with Crippen LogP contribution in [0.2, 0.25) is 0 Å². The van der Waals surface area contributed by atoms with E-state index in [9.17, 15) is 0 Å². The highest BCUT2D eigenvalue weighted by Gasteiger charge is 2.29. The van der Waals surface area contributed by atoms with E-state index in [0.717, 1.165) is 37.8 Å². The molecule has 5 nitrogen and oxygen atoms in total. The minimum atomic E-state index is 0.464. The van der Waals surface area contributed by atoms with Gasteiger partial charge in [-0.15, -0.1) is 0 Å². The van der Waals surface area contributed by atoms with Crippen molar-refractivity contribution in [2.45, 2.75) is 69.7 Å². The summed E-state index contributed by atoms with van der Waals surface area (Å²) in [6.07, 6.45) is 11.4. The van der Waals surface area contributed by atoms with E-state index in [4.69, 9.17) is 14.8 Å². The lowest BCUT2D eigenvalue weighted by Crippen LogP contribution is -2.31. The van der Waals surface area contributed by atoms with Crippen LogP contribution >= 0.6 is 0 Å². The van der Waals surface area contributed by atoms with Crippen LogP contribution in [0.3, 0.4) is 0 Å². The molecule has 3 heterocycles. The normalized spacial score (nSPS) is 27.8. The molecule has 0 radical (unpaired) electrons. The van der Waals surface area contributed by atoms with Gasteiger partial charge in [0.2, 0.25) is 0 Å². The zero-order valence-electron chi connectivity index (χ0n) is 15.1. The third-order valence-corrected chi connectivity index (χ3v) is 6.23. The van der Waals surface area contributed by atoms with Crippen LogP contribution in [0, 0.1) is 5.92 Å². The number of rotatable bonds is 4. The maximum atomic E-state index is 5.64. The van der Waals surface area contributed by atoms with Crippen LogP contribution in [0.4, 0.5) is 0 Å². The van der Waals surface area contributed by atoms with Crippen molar-refractivity contribution in [1.29, 1.82) is 0 Å². The van der Waals surface area contributed by atoms with Crippen molar-refractivity contribution in [3.05, 3.63) is 11.6 Å². The Morgan fingerprint density at radius 2 is 1.83 bits per heavy atom. The van der Waals surface area contributed by atoms with E-state index in [1.807, 2.05) is 0 Å². The molecule has 1 atom stereocenters. The maximum absolute atomic E-state index is 5.64. The molecule has 1 aromatic heterocycles. The Bertz CT molecular complexity index is 523. The molecule has 2 saturated heterocycles. The summed E-state index contributed by atoms with van der Waals surface area (Å²) in [4.78, 5) is 7.48. The fraction of sp³-hybridized carbons (Fsp3) is 0.895. The van der Waals surface area contributed by atoms with Crippen LogP contribution in [0.25, 0.3) is 0 Å². The average Bonchev–Trinajstić information content (AvgIpc) is 3.27. The summed E-state index contributed by atoms with van der Waals surface area (Å²) in [6.45, 7) is 4.15. The van der Waals surface area contributed by atoms with Crippen molar-refractivity contribution < 1.29 is 4.74 Å². The number of ether oxygens (including phenoxy) is 1. The number of nitrogens with zero attached hydrogens (tertiary/aromatic N) is 4. The smallest absolute Gasteiger partial charge is 0.151 e. The zero-order valence-corrected chi connectivity index (χ0v) is 15.1. The first-order valence-corrected chi connectivity index (χ1v) is 10.0. The van der Waals surface area contributed by atoms with Gasteiger partial charge in [-0.25, -0.2) is 9.67 Å². The second-order valence-corrected chi connectivity index (χ2v) is 8.13. The molecular weight excluding hydrogens is 300 g/mol. The lowest BCUT2D eigenvalue weighted by molar-refractivity contribution is 0.191. The molecule has 0 aromatic carbocycles. The largest absolute Gasteiger partial charge is 0.381 e. The molecule has 1 aromatic rings. The first-order chi connectivity index (χ1) is 11.8. The third-order valence-electron chi connectivity index (χ3n) is 6.23. The van der Waals surface area contributed by atoms with Crippen molar-refractivity contribution in [2.24, 2.45) is 5.92 Å². The molecule has 1 saturated carbocycles. The van der Waals surface area contributed by atoms with Gasteiger partial charge in [-0.05, 0) is 58.2 Å². The minimum Gasteiger partial charge on any atom is -0.381 e. The summed E-state index contributed by atoms with van der Waals surface area (Å²) >= 11 is 0. The van der Waals surface area contributed by atoms with Gasteiger partial charge in [-0.1, -0.05) is 19.3 Å². The van der Waals surface area contributed by atoms with E-state index in [2.05, 4.69) is 16.6 Å². The Kier molecular flexibility index (Phi) is 5.18. The van der Waals surface area contributed by atoms with Crippen LogP contribution in [0.15, 0.2) is 0 Å². The van der Waals surface area contributed by atoms with E-state index in [0.29, 0.717) is 12.0 Å². The predicted octanol–water partition coefficient (Wildman–Crippen LogP) is 3.17. The van der Waals surface area contributed by atoms with Gasteiger partial charge in [0.25, 0.3) is 0 Å². The molecule has 24 heavy (non-hydrogen) atoms. The lowest BCUT2D eigenvalue weighted by Gasteiger charge is -2.28. The Morgan fingerprint density at radius 3 is 2.54 bits per heavy atom. The van der Waals surface area contributed by atoms with Gasteiger partial charge in [-0.2, -0.15) is 5.10 Å². The zero-order chi connectivity index (χ0) is 16.4. The van der Waals surface area contributed by atoms with Gasteiger partial charge < -0.3 is 9.64 Å². The summed E-state index contributed by atoms with van der Waals surface area (Å²) < 4.78 is 7.96. The van der Waals surface area contributed by atoms with Gasteiger partial charge in [-0.3, -0.25) is 0 Å². The lowest BCUT2D eigenvalue weighted by atomic mass is 9.93. The second-order valence-electron chi connectivity index (χ2n) is 8.13. The number of piperidine rings is 1. The van der Waals surface area contributed by atoms with E-state index >= 15 is 0 Å². The highest BCUT2D eigenvalue weighted by Crippen LogP contribution is 2.33. The predicted molar refractivity (Wildman–Crippen MR) is 94.2 cm³/mol. The molecule has 0 unspecified atom stereocenters. The molecule has 3 aliphatic rings. The summed E-state index contributed by atoms with van der Waals surface area (Å²) in [5.41, 5.74) is 0. The number of hydrogen-bond acceptors (Lipinski definition) is 4. The van der Waals surface area contributed by atoms with Gasteiger partial charge in [0.05, 0.1) is 12.6 Å². The molecule has 0 spiro atoms. The number of aromatic nitrogens is 3. The topological polar surface area (TPSA) is 43.2 Å². The summed E-state index contributed by atoms with van der Waals surface area (Å²) in [5, 5.41) is 5.03. The molecule has 3 fully saturated rings. The Morgan fingerprint density at radius 1 is 1.04 bits per heavy atom. The molecule has 5 heteroatoms. The van der Waals surface area contributed by atoms with Gasteiger partial charge in [0.1, 0.15) is 5.82 Å². The Labute approximate surface area is 145 Å². The van der Waals surface area contributed by atoms with Crippen LogP contribution in [-0.2, 0) is 11.2 Å². The first kappa shape index (κ1) is 16.5. The van der Waals surface area contributed by atoms with E-state index in [-0.39, 0.29) is 0 Å². The van der Waals surface area contributed by atoms with Crippen LogP contribution in [0.5, 0.6) is 0 Å². The fourth-order valence-corrected chi connectivity index (χ4v) is 4.60. The van der Waals surface area contributed by atoms with Crippen molar-refractivity contribution in [2.75, 3.05) is 33.4 Å². The first-order valence-electron chi connectivity index (χ1n) is 10.0. The summed E-state index contributed by atoms with van der Waals surface area (Å²) in [6, 6.07) is 0.577. The quantitative estimate of drug-likeness (QED) is 0.849. The molecule has 0 bridgehead atoms. The SMILES string of the molecule is CN1CCC(Cc2nc([C@H]3CCOC3)n(C3CCCCC3)n2)CC1. The van der Waals surface area contributed by atoms with Crippen molar-refractivity contribution in [1.82, 2.24) is 19.7 Å². The van der Waals surface area contributed by atoms with E-state index in [1.54, 1.807) is 0 Å². The third kappa shape index (κ3) is 3.67. The molecule has 0 amide bonds. The molecule has 1 aliphatic carbocycles. The van der Waals surface area contributed by atoms with Gasteiger partial charge >= 0.3 is 0 Å². The van der Waals surface area contributed by atoms with E-state index in [1.165, 1.54) is 63.9 Å². The average molecular weight is 332 g/mol. The highest BCUT2D eigenvalue weighted by atomic mass is 16.5. The van der Waals surface area contributed by atoms with Crippen molar-refractivity contribution in [3.8, 4) is 0 Å². The molecule has 2 aliphatic heterocycles. The summed E-state index contributed by atoms with van der Waals surface area (Å²) in [7, 11) is 2.23.